The summed E-state index contributed by atoms with van der Waals surface area (Å²) in [5, 5.41) is 0. The van der Waals surface area contributed by atoms with Crippen molar-refractivity contribution in [1.29, 1.82) is 0 Å². The third-order valence-corrected chi connectivity index (χ3v) is 3.70. The second kappa shape index (κ2) is 9.24. The molecule has 0 aliphatic rings. The molecule has 0 rings (SSSR count). The van der Waals surface area contributed by atoms with E-state index in [4.69, 9.17) is 0 Å². The molecule has 0 saturated heterocycles. The van der Waals surface area contributed by atoms with Gasteiger partial charge in [-0.3, -0.25) is 0 Å². The van der Waals surface area contributed by atoms with Crippen molar-refractivity contribution in [2.45, 2.75) is 79.6 Å². The molecule has 3 unspecified atom stereocenters. The maximum atomic E-state index is 2.44. The Hall–Kier alpha value is 0. The monoisotopic (exact) mass is 212 g/mol. The summed E-state index contributed by atoms with van der Waals surface area (Å²) in [5.74, 6) is 2.81. The molecule has 0 nitrogen and oxygen atoms in total. The van der Waals surface area contributed by atoms with Crippen LogP contribution in [0.25, 0.3) is 0 Å². The first-order valence-electron chi connectivity index (χ1n) is 7.10. The molecule has 0 heteroatoms. The van der Waals surface area contributed by atoms with Crippen LogP contribution in [-0.2, 0) is 0 Å². The number of hydrogen-bond donors (Lipinski definition) is 0. The number of rotatable bonds is 9. The van der Waals surface area contributed by atoms with Gasteiger partial charge >= 0.3 is 0 Å². The topological polar surface area (TPSA) is 0 Å². The van der Waals surface area contributed by atoms with Crippen molar-refractivity contribution in [2.75, 3.05) is 0 Å². The summed E-state index contributed by atoms with van der Waals surface area (Å²) < 4.78 is 0. The fourth-order valence-corrected chi connectivity index (χ4v) is 2.25. The quantitative estimate of drug-likeness (QED) is 0.462. The van der Waals surface area contributed by atoms with Gasteiger partial charge < -0.3 is 0 Å². The standard InChI is InChI=1S/C15H32/c1-6-8-9-14(4)12-15(5)11-10-13(3)7-2/h13-15H,6-12H2,1-5H3. The van der Waals surface area contributed by atoms with Gasteiger partial charge in [-0.15, -0.1) is 0 Å². The van der Waals surface area contributed by atoms with Gasteiger partial charge in [0.05, 0.1) is 0 Å². The van der Waals surface area contributed by atoms with Crippen molar-refractivity contribution in [1.82, 2.24) is 0 Å². The Morgan fingerprint density at radius 2 is 1.27 bits per heavy atom. The molecule has 0 N–H and O–H groups in total. The summed E-state index contributed by atoms with van der Waals surface area (Å²) in [4.78, 5) is 0. The molecule has 0 heterocycles. The minimum atomic E-state index is 0.929. The van der Waals surface area contributed by atoms with Gasteiger partial charge in [-0.1, -0.05) is 73.1 Å². The van der Waals surface area contributed by atoms with E-state index in [0.29, 0.717) is 0 Å². The summed E-state index contributed by atoms with van der Waals surface area (Å²) >= 11 is 0. The second-order valence-electron chi connectivity index (χ2n) is 5.68. The zero-order chi connectivity index (χ0) is 11.7. The van der Waals surface area contributed by atoms with Gasteiger partial charge in [-0.2, -0.15) is 0 Å². The molecule has 0 aliphatic heterocycles. The first-order chi connectivity index (χ1) is 7.10. The van der Waals surface area contributed by atoms with E-state index in [1.807, 2.05) is 0 Å². The molecule has 0 aromatic heterocycles. The van der Waals surface area contributed by atoms with Crippen LogP contribution in [0.15, 0.2) is 0 Å². The zero-order valence-electron chi connectivity index (χ0n) is 11.7. The summed E-state index contributed by atoms with van der Waals surface area (Å²) in [6.45, 7) is 11.8. The van der Waals surface area contributed by atoms with Crippen molar-refractivity contribution < 1.29 is 0 Å². The second-order valence-corrected chi connectivity index (χ2v) is 5.68. The Bertz CT molecular complexity index is 128. The van der Waals surface area contributed by atoms with E-state index in [0.717, 1.165) is 17.8 Å². The van der Waals surface area contributed by atoms with Crippen LogP contribution in [-0.4, -0.2) is 0 Å². The predicted molar refractivity (Wildman–Crippen MR) is 71.2 cm³/mol. The maximum Gasteiger partial charge on any atom is -0.0440 e. The van der Waals surface area contributed by atoms with Crippen LogP contribution in [0.5, 0.6) is 0 Å². The fourth-order valence-electron chi connectivity index (χ4n) is 2.25. The summed E-state index contributed by atoms with van der Waals surface area (Å²) in [6.07, 6.45) is 9.85. The molecule has 15 heavy (non-hydrogen) atoms. The van der Waals surface area contributed by atoms with Gasteiger partial charge in [0.25, 0.3) is 0 Å². The molecule has 92 valence electrons. The Morgan fingerprint density at radius 1 is 0.733 bits per heavy atom. The first kappa shape index (κ1) is 15.0. The Balaban J connectivity index is 3.50. The largest absolute Gasteiger partial charge is 0.0654 e. The van der Waals surface area contributed by atoms with Crippen LogP contribution in [0, 0.1) is 17.8 Å². The third-order valence-electron chi connectivity index (χ3n) is 3.70. The van der Waals surface area contributed by atoms with Gasteiger partial charge in [-0.05, 0) is 24.2 Å². The van der Waals surface area contributed by atoms with Crippen molar-refractivity contribution in [3.05, 3.63) is 0 Å². The van der Waals surface area contributed by atoms with Gasteiger partial charge in [0, 0.05) is 0 Å². The molecule has 0 fully saturated rings. The average Bonchev–Trinajstić information content (AvgIpc) is 2.22. The SMILES string of the molecule is CCCCC(C)CC(C)CCC(C)CC. The van der Waals surface area contributed by atoms with Crippen molar-refractivity contribution in [2.24, 2.45) is 17.8 Å². The molecule has 0 aliphatic carbocycles. The zero-order valence-corrected chi connectivity index (χ0v) is 11.7. The highest BCUT2D eigenvalue weighted by atomic mass is 14.2. The molecule has 0 radical (unpaired) electrons. The lowest BCUT2D eigenvalue weighted by atomic mass is 9.88. The minimum absolute atomic E-state index is 0.929. The van der Waals surface area contributed by atoms with E-state index in [2.05, 4.69) is 34.6 Å². The van der Waals surface area contributed by atoms with Crippen molar-refractivity contribution in [3.63, 3.8) is 0 Å². The van der Waals surface area contributed by atoms with E-state index in [1.165, 1.54) is 44.9 Å². The highest BCUT2D eigenvalue weighted by Crippen LogP contribution is 2.23. The molecule has 0 aromatic carbocycles. The molecular formula is C15H32. The Morgan fingerprint density at radius 3 is 1.80 bits per heavy atom. The fraction of sp³-hybridized carbons (Fsp3) is 1.00. The van der Waals surface area contributed by atoms with Crippen LogP contribution in [0.4, 0.5) is 0 Å². The molecule has 0 spiro atoms. The highest BCUT2D eigenvalue weighted by molar-refractivity contribution is 4.62. The molecular weight excluding hydrogens is 180 g/mol. The van der Waals surface area contributed by atoms with Crippen molar-refractivity contribution in [3.8, 4) is 0 Å². The first-order valence-corrected chi connectivity index (χ1v) is 7.10. The van der Waals surface area contributed by atoms with E-state index in [-0.39, 0.29) is 0 Å². The average molecular weight is 212 g/mol. The highest BCUT2D eigenvalue weighted by Gasteiger charge is 2.09. The third kappa shape index (κ3) is 8.96. The van der Waals surface area contributed by atoms with E-state index >= 15 is 0 Å². The van der Waals surface area contributed by atoms with Crippen LogP contribution < -0.4 is 0 Å². The summed E-state index contributed by atoms with van der Waals surface area (Å²) in [5.41, 5.74) is 0. The lowest BCUT2D eigenvalue weighted by Gasteiger charge is -2.18. The lowest BCUT2D eigenvalue weighted by molar-refractivity contribution is 0.342. The van der Waals surface area contributed by atoms with Crippen molar-refractivity contribution >= 4 is 0 Å². The van der Waals surface area contributed by atoms with Crippen LogP contribution >= 0.6 is 0 Å². The smallest absolute Gasteiger partial charge is 0.0440 e. The Labute approximate surface area is 97.8 Å². The van der Waals surface area contributed by atoms with Gasteiger partial charge in [0.1, 0.15) is 0 Å². The molecule has 0 amide bonds. The van der Waals surface area contributed by atoms with Gasteiger partial charge in [0.2, 0.25) is 0 Å². The summed E-state index contributed by atoms with van der Waals surface area (Å²) in [7, 11) is 0. The predicted octanol–water partition coefficient (Wildman–Crippen LogP) is 5.67. The molecule has 0 aromatic rings. The van der Waals surface area contributed by atoms with E-state index in [9.17, 15) is 0 Å². The van der Waals surface area contributed by atoms with Gasteiger partial charge in [-0.25, -0.2) is 0 Å². The number of hydrogen-bond acceptors (Lipinski definition) is 0. The Kier molecular flexibility index (Phi) is 9.24. The summed E-state index contributed by atoms with van der Waals surface area (Å²) in [6, 6.07) is 0. The molecule has 0 bridgehead atoms. The van der Waals surface area contributed by atoms with Crippen LogP contribution in [0.2, 0.25) is 0 Å². The maximum absolute atomic E-state index is 2.44. The lowest BCUT2D eigenvalue weighted by Crippen LogP contribution is -2.05. The van der Waals surface area contributed by atoms with Crippen LogP contribution in [0.1, 0.15) is 79.6 Å². The van der Waals surface area contributed by atoms with E-state index in [1.54, 1.807) is 0 Å². The molecule has 3 atom stereocenters. The van der Waals surface area contributed by atoms with E-state index < -0.39 is 0 Å². The van der Waals surface area contributed by atoms with Crippen LogP contribution in [0.3, 0.4) is 0 Å². The minimum Gasteiger partial charge on any atom is -0.0654 e. The molecule has 0 saturated carbocycles. The normalized spacial score (nSPS) is 17.4. The van der Waals surface area contributed by atoms with Gasteiger partial charge in [0.15, 0.2) is 0 Å². The number of unbranched alkanes of at least 4 members (excludes halogenated alkanes) is 1.